The summed E-state index contributed by atoms with van der Waals surface area (Å²) in [5, 5.41) is 4.32. The number of esters is 1. The maximum absolute atomic E-state index is 11.8. The van der Waals surface area contributed by atoms with Crippen molar-refractivity contribution in [2.75, 3.05) is 6.61 Å². The summed E-state index contributed by atoms with van der Waals surface area (Å²) in [6.45, 7) is 4.08. The van der Waals surface area contributed by atoms with Gasteiger partial charge in [0, 0.05) is 23.7 Å². The van der Waals surface area contributed by atoms with Crippen molar-refractivity contribution in [2.24, 2.45) is 5.73 Å². The quantitative estimate of drug-likeness (QED) is 0.651. The van der Waals surface area contributed by atoms with Gasteiger partial charge in [-0.25, -0.2) is 4.68 Å². The maximum Gasteiger partial charge on any atom is 0.306 e. The third-order valence-electron chi connectivity index (χ3n) is 4.29. The molecule has 0 saturated carbocycles. The first-order chi connectivity index (χ1) is 13.0. The van der Waals surface area contributed by atoms with E-state index in [1.165, 1.54) is 0 Å². The number of ether oxygens (including phenoxy) is 1. The molecule has 0 saturated heterocycles. The molecule has 0 unspecified atom stereocenters. The van der Waals surface area contributed by atoms with Crippen molar-refractivity contribution in [3.63, 3.8) is 0 Å². The van der Waals surface area contributed by atoms with Crippen LogP contribution in [0.15, 0.2) is 48.8 Å². The average molecular weight is 366 g/mol. The number of hydrogen-bond acceptors (Lipinski definition) is 4. The minimum Gasteiger partial charge on any atom is -0.466 e. The molecule has 7 heteroatoms. The van der Waals surface area contributed by atoms with Gasteiger partial charge in [-0.15, -0.1) is 0 Å². The lowest BCUT2D eigenvalue weighted by molar-refractivity contribution is -0.143. The van der Waals surface area contributed by atoms with E-state index in [9.17, 15) is 9.59 Å². The highest BCUT2D eigenvalue weighted by Gasteiger charge is 2.16. The highest BCUT2D eigenvalue weighted by Crippen LogP contribution is 2.25. The van der Waals surface area contributed by atoms with Gasteiger partial charge in [-0.3, -0.25) is 14.2 Å². The molecular formula is C20H22N4O3. The molecular weight excluding hydrogens is 344 g/mol. The fourth-order valence-electron chi connectivity index (χ4n) is 3.05. The van der Waals surface area contributed by atoms with Crippen molar-refractivity contribution >= 4 is 11.9 Å². The molecule has 2 N–H and O–H groups in total. The van der Waals surface area contributed by atoms with Crippen LogP contribution in [-0.2, 0) is 16.0 Å². The van der Waals surface area contributed by atoms with Crippen LogP contribution in [0.25, 0.3) is 11.5 Å². The molecule has 1 amide bonds. The van der Waals surface area contributed by atoms with Crippen LogP contribution in [0.3, 0.4) is 0 Å². The predicted molar refractivity (Wildman–Crippen MR) is 101 cm³/mol. The Bertz CT molecular complexity index is 958. The van der Waals surface area contributed by atoms with E-state index in [0.29, 0.717) is 18.6 Å². The molecule has 2 aromatic heterocycles. The van der Waals surface area contributed by atoms with Gasteiger partial charge in [-0.05, 0) is 62.2 Å². The zero-order chi connectivity index (χ0) is 19.4. The molecule has 0 aliphatic carbocycles. The first-order valence-corrected chi connectivity index (χ1v) is 8.78. The van der Waals surface area contributed by atoms with E-state index in [1.807, 2.05) is 42.0 Å². The summed E-state index contributed by atoms with van der Waals surface area (Å²) >= 11 is 0. The van der Waals surface area contributed by atoms with Crippen molar-refractivity contribution in [3.05, 3.63) is 65.6 Å². The maximum atomic E-state index is 11.8. The third kappa shape index (κ3) is 3.92. The van der Waals surface area contributed by atoms with E-state index >= 15 is 0 Å². The molecule has 0 radical (unpaired) electrons. The fraction of sp³-hybridized carbons (Fsp3) is 0.250. The molecule has 140 valence electrons. The molecule has 0 aliphatic heterocycles. The molecule has 0 atom stereocenters. The molecule has 0 bridgehead atoms. The summed E-state index contributed by atoms with van der Waals surface area (Å²) in [6, 6.07) is 11.1. The molecule has 7 nitrogen and oxygen atoms in total. The van der Waals surface area contributed by atoms with Crippen LogP contribution in [0.2, 0.25) is 0 Å². The zero-order valence-corrected chi connectivity index (χ0v) is 15.4. The van der Waals surface area contributed by atoms with Gasteiger partial charge in [-0.2, -0.15) is 5.10 Å². The van der Waals surface area contributed by atoms with Crippen molar-refractivity contribution < 1.29 is 14.3 Å². The monoisotopic (exact) mass is 366 g/mol. The molecule has 0 aliphatic rings. The summed E-state index contributed by atoms with van der Waals surface area (Å²) in [7, 11) is 0. The summed E-state index contributed by atoms with van der Waals surface area (Å²) in [4.78, 5) is 23.2. The fourth-order valence-corrected chi connectivity index (χ4v) is 3.05. The minimum atomic E-state index is -0.466. The number of aromatic nitrogens is 3. The smallest absolute Gasteiger partial charge is 0.306 e. The van der Waals surface area contributed by atoms with E-state index in [2.05, 4.69) is 5.10 Å². The SMILES string of the molecule is CCOC(=O)CCc1ccc(-n2cccn2)n1-c1ccc(C(N)=O)cc1C. The van der Waals surface area contributed by atoms with Crippen LogP contribution in [0.5, 0.6) is 0 Å². The second-order valence-electron chi connectivity index (χ2n) is 6.14. The molecule has 3 aromatic rings. The van der Waals surface area contributed by atoms with E-state index in [-0.39, 0.29) is 12.4 Å². The van der Waals surface area contributed by atoms with Gasteiger partial charge in [0.2, 0.25) is 5.91 Å². The number of rotatable bonds is 7. The Kier molecular flexibility index (Phi) is 5.40. The lowest BCUT2D eigenvalue weighted by atomic mass is 10.1. The number of aryl methyl sites for hydroxylation is 2. The Morgan fingerprint density at radius 1 is 1.22 bits per heavy atom. The number of primary amides is 1. The summed E-state index contributed by atoms with van der Waals surface area (Å²) in [6.07, 6.45) is 4.37. The largest absolute Gasteiger partial charge is 0.466 e. The van der Waals surface area contributed by atoms with Crippen LogP contribution in [0.1, 0.15) is 35.0 Å². The summed E-state index contributed by atoms with van der Waals surface area (Å²) in [5.74, 6) is 0.146. The lowest BCUT2D eigenvalue weighted by Crippen LogP contribution is -2.14. The number of carbonyl (C=O) groups excluding carboxylic acids is 2. The van der Waals surface area contributed by atoms with Gasteiger partial charge in [0.05, 0.1) is 18.7 Å². The first-order valence-electron chi connectivity index (χ1n) is 8.78. The second kappa shape index (κ2) is 7.90. The van der Waals surface area contributed by atoms with Crippen LogP contribution >= 0.6 is 0 Å². The normalized spacial score (nSPS) is 10.7. The number of benzene rings is 1. The lowest BCUT2D eigenvalue weighted by Gasteiger charge is -2.16. The summed E-state index contributed by atoms with van der Waals surface area (Å²) < 4.78 is 8.83. The van der Waals surface area contributed by atoms with E-state index in [4.69, 9.17) is 10.5 Å². The molecule has 27 heavy (non-hydrogen) atoms. The Labute approximate surface area is 157 Å². The number of nitrogens with two attached hydrogens (primary N) is 1. The standard InChI is InChI=1S/C20H22N4O3/c1-3-27-19(25)10-7-16-6-9-18(23-12-4-11-22-23)24(16)17-8-5-15(20(21)26)13-14(17)2/h4-6,8-9,11-13H,3,7,10H2,1-2H3,(H2,21,26). The van der Waals surface area contributed by atoms with Crippen molar-refractivity contribution in [2.45, 2.75) is 26.7 Å². The van der Waals surface area contributed by atoms with Crippen LogP contribution in [-0.4, -0.2) is 32.8 Å². The highest BCUT2D eigenvalue weighted by atomic mass is 16.5. The van der Waals surface area contributed by atoms with Crippen LogP contribution in [0, 0.1) is 6.92 Å². The number of hydrogen-bond donors (Lipinski definition) is 1. The van der Waals surface area contributed by atoms with Gasteiger partial charge < -0.3 is 10.5 Å². The molecule has 0 fully saturated rings. The second-order valence-corrected chi connectivity index (χ2v) is 6.14. The Balaban J connectivity index is 2.04. The van der Waals surface area contributed by atoms with Gasteiger partial charge in [0.15, 0.2) is 0 Å². The number of carbonyl (C=O) groups is 2. The number of amides is 1. The Morgan fingerprint density at radius 2 is 2.04 bits per heavy atom. The van der Waals surface area contributed by atoms with Gasteiger partial charge in [0.25, 0.3) is 0 Å². The van der Waals surface area contributed by atoms with Crippen molar-refractivity contribution in [1.29, 1.82) is 0 Å². The van der Waals surface area contributed by atoms with Crippen molar-refractivity contribution in [3.8, 4) is 11.5 Å². The molecule has 1 aromatic carbocycles. The first kappa shape index (κ1) is 18.4. The predicted octanol–water partition coefficient (Wildman–Crippen LogP) is 2.57. The zero-order valence-electron chi connectivity index (χ0n) is 15.4. The number of nitrogens with zero attached hydrogens (tertiary/aromatic N) is 3. The topological polar surface area (TPSA) is 92.1 Å². The summed E-state index contributed by atoms with van der Waals surface area (Å²) in [5.41, 5.74) is 8.58. The van der Waals surface area contributed by atoms with E-state index in [0.717, 1.165) is 22.8 Å². The Morgan fingerprint density at radius 3 is 2.67 bits per heavy atom. The Hall–Kier alpha value is -3.35. The van der Waals surface area contributed by atoms with Crippen LogP contribution < -0.4 is 5.73 Å². The van der Waals surface area contributed by atoms with E-state index in [1.54, 1.807) is 29.9 Å². The average Bonchev–Trinajstić information content (AvgIpc) is 3.29. The molecule has 2 heterocycles. The third-order valence-corrected chi connectivity index (χ3v) is 4.29. The van der Waals surface area contributed by atoms with E-state index < -0.39 is 5.91 Å². The minimum absolute atomic E-state index is 0.230. The molecule has 0 spiro atoms. The molecule has 3 rings (SSSR count). The van der Waals surface area contributed by atoms with Gasteiger partial charge in [-0.1, -0.05) is 0 Å². The van der Waals surface area contributed by atoms with Gasteiger partial charge >= 0.3 is 5.97 Å². The highest BCUT2D eigenvalue weighted by molar-refractivity contribution is 5.93. The van der Waals surface area contributed by atoms with Gasteiger partial charge in [0.1, 0.15) is 5.82 Å². The van der Waals surface area contributed by atoms with Crippen molar-refractivity contribution in [1.82, 2.24) is 14.3 Å². The van der Waals surface area contributed by atoms with Crippen LogP contribution in [0.4, 0.5) is 0 Å².